The third-order valence-corrected chi connectivity index (χ3v) is 4.06. The van der Waals surface area contributed by atoms with Crippen molar-refractivity contribution in [2.45, 2.75) is 33.3 Å². The molecule has 140 valence electrons. The Kier molecular flexibility index (Phi) is 5.54. The van der Waals surface area contributed by atoms with Crippen molar-refractivity contribution in [2.24, 2.45) is 0 Å². The van der Waals surface area contributed by atoms with E-state index in [0.29, 0.717) is 17.1 Å². The molecule has 0 aliphatic heterocycles. The van der Waals surface area contributed by atoms with Gasteiger partial charge in [-0.25, -0.2) is 0 Å². The molecule has 0 saturated heterocycles. The lowest BCUT2D eigenvalue weighted by Gasteiger charge is -2.07. The Morgan fingerprint density at radius 3 is 2.52 bits per heavy atom. The van der Waals surface area contributed by atoms with E-state index in [9.17, 15) is 4.79 Å². The second-order valence-electron chi connectivity index (χ2n) is 6.38. The number of rotatable bonds is 6. The van der Waals surface area contributed by atoms with Gasteiger partial charge in [0.15, 0.2) is 5.82 Å². The summed E-state index contributed by atoms with van der Waals surface area (Å²) >= 11 is 0. The van der Waals surface area contributed by atoms with Gasteiger partial charge in [0.2, 0.25) is 0 Å². The van der Waals surface area contributed by atoms with Crippen molar-refractivity contribution in [1.29, 1.82) is 0 Å². The number of ether oxygens (including phenoxy) is 2. The minimum absolute atomic E-state index is 0.0944. The second-order valence-corrected chi connectivity index (χ2v) is 6.38. The number of aromatic nitrogens is 3. The number of carbonyl (C=O) groups excluding carboxylic acids is 1. The number of aryl methyl sites for hydroxylation is 1. The number of carbonyl (C=O) groups is 1. The molecule has 0 unspecified atom stereocenters. The van der Waals surface area contributed by atoms with E-state index >= 15 is 0 Å². The number of hydrogen-bond acceptors (Lipinski definition) is 5. The molecule has 3 rings (SSSR count). The van der Waals surface area contributed by atoms with Crippen LogP contribution < -0.4 is 9.47 Å². The summed E-state index contributed by atoms with van der Waals surface area (Å²) in [5.74, 6) is 0.754. The van der Waals surface area contributed by atoms with Gasteiger partial charge in [0, 0.05) is 11.1 Å². The monoisotopic (exact) mass is 365 g/mol. The van der Waals surface area contributed by atoms with Crippen molar-refractivity contribution in [3.8, 4) is 23.1 Å². The normalized spacial score (nSPS) is 10.9. The molecule has 6 nitrogen and oxygen atoms in total. The van der Waals surface area contributed by atoms with Gasteiger partial charge in [0.05, 0.1) is 13.2 Å². The van der Waals surface area contributed by atoms with Gasteiger partial charge in [0.25, 0.3) is 5.91 Å². The van der Waals surface area contributed by atoms with Crippen LogP contribution in [0.2, 0.25) is 0 Å². The molecular weight excluding hydrogens is 342 g/mol. The Morgan fingerprint density at radius 2 is 1.89 bits per heavy atom. The second kappa shape index (κ2) is 8.03. The summed E-state index contributed by atoms with van der Waals surface area (Å²) in [4.78, 5) is 17.5. The van der Waals surface area contributed by atoms with Crippen LogP contribution >= 0.6 is 0 Å². The fourth-order valence-corrected chi connectivity index (χ4v) is 2.65. The van der Waals surface area contributed by atoms with Crippen LogP contribution in [-0.2, 0) is 6.42 Å². The first-order valence-corrected chi connectivity index (χ1v) is 8.93. The van der Waals surface area contributed by atoms with E-state index in [0.717, 1.165) is 12.0 Å². The van der Waals surface area contributed by atoms with Crippen LogP contribution in [0.4, 0.5) is 0 Å². The standard InChI is InChI=1S/C21H23N3O3/c1-5-15-9-11-16(12-10-15)19-22-21(27-14(2)3)23-24(19)20(25)17-7-6-8-18(13-17)26-4/h6-14H,5H2,1-4H3. The maximum Gasteiger partial charge on any atom is 0.336 e. The van der Waals surface area contributed by atoms with Crippen molar-refractivity contribution in [2.75, 3.05) is 7.11 Å². The molecule has 0 fully saturated rings. The summed E-state index contributed by atoms with van der Waals surface area (Å²) in [6, 6.07) is 15.1. The highest BCUT2D eigenvalue weighted by Crippen LogP contribution is 2.23. The minimum Gasteiger partial charge on any atom is -0.497 e. The third kappa shape index (κ3) is 4.16. The van der Waals surface area contributed by atoms with Crippen LogP contribution in [0.15, 0.2) is 48.5 Å². The number of benzene rings is 2. The highest BCUT2D eigenvalue weighted by Gasteiger charge is 2.21. The van der Waals surface area contributed by atoms with Crippen LogP contribution in [0.1, 0.15) is 36.7 Å². The molecule has 0 N–H and O–H groups in total. The Hall–Kier alpha value is -3.15. The van der Waals surface area contributed by atoms with E-state index in [2.05, 4.69) is 17.0 Å². The van der Waals surface area contributed by atoms with Crippen LogP contribution in [0.3, 0.4) is 0 Å². The lowest BCUT2D eigenvalue weighted by atomic mass is 10.1. The number of nitrogens with zero attached hydrogens (tertiary/aromatic N) is 3. The Labute approximate surface area is 158 Å². The zero-order valence-corrected chi connectivity index (χ0v) is 16.0. The average molecular weight is 365 g/mol. The van der Waals surface area contributed by atoms with Gasteiger partial charge in [-0.3, -0.25) is 4.79 Å². The zero-order valence-electron chi connectivity index (χ0n) is 16.0. The highest BCUT2D eigenvalue weighted by molar-refractivity contribution is 5.97. The van der Waals surface area contributed by atoms with Gasteiger partial charge in [-0.1, -0.05) is 37.3 Å². The molecule has 0 aliphatic carbocycles. The lowest BCUT2D eigenvalue weighted by molar-refractivity contribution is 0.0943. The molecule has 6 heteroatoms. The molecule has 27 heavy (non-hydrogen) atoms. The lowest BCUT2D eigenvalue weighted by Crippen LogP contribution is -2.15. The van der Waals surface area contributed by atoms with Gasteiger partial charge < -0.3 is 9.47 Å². The van der Waals surface area contributed by atoms with Crippen molar-refractivity contribution in [3.63, 3.8) is 0 Å². The summed E-state index contributed by atoms with van der Waals surface area (Å²) in [6.07, 6.45) is 0.848. The maximum atomic E-state index is 13.1. The van der Waals surface area contributed by atoms with Crippen molar-refractivity contribution in [3.05, 3.63) is 59.7 Å². The van der Waals surface area contributed by atoms with Gasteiger partial charge >= 0.3 is 6.01 Å². The Balaban J connectivity index is 2.06. The Morgan fingerprint density at radius 1 is 1.15 bits per heavy atom. The van der Waals surface area contributed by atoms with Crippen LogP contribution in [0, 0.1) is 0 Å². The van der Waals surface area contributed by atoms with E-state index in [1.54, 1.807) is 31.4 Å². The van der Waals surface area contributed by atoms with Crippen molar-refractivity contribution in [1.82, 2.24) is 14.8 Å². The highest BCUT2D eigenvalue weighted by atomic mass is 16.5. The first kappa shape index (κ1) is 18.6. The molecule has 0 spiro atoms. The average Bonchev–Trinajstić information content (AvgIpc) is 3.10. The van der Waals surface area contributed by atoms with Crippen LogP contribution in [0.5, 0.6) is 11.8 Å². The number of hydrogen-bond donors (Lipinski definition) is 0. The van der Waals surface area contributed by atoms with Gasteiger partial charge in [-0.2, -0.15) is 9.67 Å². The summed E-state index contributed by atoms with van der Waals surface area (Å²) in [6.45, 7) is 5.87. The van der Waals surface area contributed by atoms with Crippen molar-refractivity contribution >= 4 is 5.91 Å². The molecule has 1 aromatic heterocycles. The molecule has 0 bridgehead atoms. The van der Waals surface area contributed by atoms with Crippen LogP contribution in [-0.4, -0.2) is 33.9 Å². The maximum absolute atomic E-state index is 13.1. The van der Waals surface area contributed by atoms with E-state index in [1.807, 2.05) is 38.1 Å². The summed E-state index contributed by atoms with van der Waals surface area (Å²) in [7, 11) is 1.56. The molecule has 2 aromatic carbocycles. The largest absolute Gasteiger partial charge is 0.497 e. The summed E-state index contributed by atoms with van der Waals surface area (Å²) in [5, 5.41) is 4.29. The molecule has 3 aromatic rings. The molecule has 1 heterocycles. The fraction of sp³-hybridized carbons (Fsp3) is 0.286. The molecule has 0 saturated carbocycles. The summed E-state index contributed by atoms with van der Waals surface area (Å²) < 4.78 is 12.1. The van der Waals surface area contributed by atoms with E-state index in [1.165, 1.54) is 10.2 Å². The molecule has 0 radical (unpaired) electrons. The molecular formula is C21H23N3O3. The molecule has 0 atom stereocenters. The molecule has 0 amide bonds. The SMILES string of the molecule is CCc1ccc(-c2nc(OC(C)C)nn2C(=O)c2cccc(OC)c2)cc1. The molecule has 0 aliphatic rings. The van der Waals surface area contributed by atoms with Gasteiger partial charge in [0.1, 0.15) is 5.75 Å². The van der Waals surface area contributed by atoms with Crippen molar-refractivity contribution < 1.29 is 14.3 Å². The predicted octanol–water partition coefficient (Wildman–Crippen LogP) is 3.99. The van der Waals surface area contributed by atoms with E-state index in [4.69, 9.17) is 9.47 Å². The van der Waals surface area contributed by atoms with E-state index < -0.39 is 0 Å². The quantitative estimate of drug-likeness (QED) is 0.661. The van der Waals surface area contributed by atoms with Crippen LogP contribution in [0.25, 0.3) is 11.4 Å². The predicted molar refractivity (Wildman–Crippen MR) is 103 cm³/mol. The van der Waals surface area contributed by atoms with Gasteiger partial charge in [-0.15, -0.1) is 5.10 Å². The first-order valence-electron chi connectivity index (χ1n) is 8.93. The number of methoxy groups -OCH3 is 1. The summed E-state index contributed by atoms with van der Waals surface area (Å²) in [5.41, 5.74) is 2.47. The minimum atomic E-state index is -0.297. The first-order chi connectivity index (χ1) is 13.0. The fourth-order valence-electron chi connectivity index (χ4n) is 2.65. The third-order valence-electron chi connectivity index (χ3n) is 4.06. The Bertz CT molecular complexity index is 930. The smallest absolute Gasteiger partial charge is 0.336 e. The van der Waals surface area contributed by atoms with E-state index in [-0.39, 0.29) is 18.0 Å². The van der Waals surface area contributed by atoms with Gasteiger partial charge in [-0.05, 0) is 44.0 Å². The topological polar surface area (TPSA) is 66.2 Å². The zero-order chi connectivity index (χ0) is 19.4.